The number of aromatic nitrogens is 2. The van der Waals surface area contributed by atoms with Crippen molar-refractivity contribution in [3.63, 3.8) is 0 Å². The Morgan fingerprint density at radius 1 is 1.50 bits per heavy atom. The predicted octanol–water partition coefficient (Wildman–Crippen LogP) is 1.01. The highest BCUT2D eigenvalue weighted by Crippen LogP contribution is 2.14. The minimum absolute atomic E-state index is 0.261. The second-order valence-corrected chi connectivity index (χ2v) is 3.39. The summed E-state index contributed by atoms with van der Waals surface area (Å²) in [6.45, 7) is 0.844. The van der Waals surface area contributed by atoms with Crippen molar-refractivity contribution in [1.29, 1.82) is 0 Å². The fraction of sp³-hybridized carbons (Fsp3) is 0.500. The summed E-state index contributed by atoms with van der Waals surface area (Å²) in [5.74, 6) is 0.752. The molecule has 1 unspecified atom stereocenters. The van der Waals surface area contributed by atoms with Gasteiger partial charge in [0.15, 0.2) is 6.29 Å². The highest BCUT2D eigenvalue weighted by atomic mass is 16.5. The lowest BCUT2D eigenvalue weighted by atomic mass is 10.2. The van der Waals surface area contributed by atoms with Gasteiger partial charge >= 0.3 is 0 Å². The summed E-state index contributed by atoms with van der Waals surface area (Å²) < 4.78 is 5.46. The van der Waals surface area contributed by atoms with Gasteiger partial charge in [-0.3, -0.25) is 4.79 Å². The molecule has 0 aromatic carbocycles. The Bertz CT molecular complexity index is 304. The number of rotatable bonds is 3. The Hall–Kier alpha value is -1.29. The van der Waals surface area contributed by atoms with Crippen LogP contribution in [0.15, 0.2) is 12.4 Å². The van der Waals surface area contributed by atoms with Crippen LogP contribution in [0.25, 0.3) is 0 Å². The summed E-state index contributed by atoms with van der Waals surface area (Å²) >= 11 is 0. The third kappa shape index (κ3) is 2.14. The molecule has 0 bridgehead atoms. The maximum atomic E-state index is 10.4. The number of hydrogen-bond donors (Lipinski definition) is 0. The minimum atomic E-state index is 0.261. The van der Waals surface area contributed by atoms with E-state index in [0.717, 1.165) is 38.0 Å². The van der Waals surface area contributed by atoms with Gasteiger partial charge in [-0.05, 0) is 12.8 Å². The zero-order chi connectivity index (χ0) is 9.80. The molecule has 0 amide bonds. The molecule has 1 aromatic heterocycles. The summed E-state index contributed by atoms with van der Waals surface area (Å²) in [4.78, 5) is 18.5. The van der Waals surface area contributed by atoms with Gasteiger partial charge in [-0.2, -0.15) is 0 Å². The molecule has 1 saturated heterocycles. The zero-order valence-corrected chi connectivity index (χ0v) is 7.85. The van der Waals surface area contributed by atoms with E-state index in [0.29, 0.717) is 5.56 Å². The number of nitrogens with zero attached hydrogens (tertiary/aromatic N) is 2. The van der Waals surface area contributed by atoms with E-state index in [-0.39, 0.29) is 6.10 Å². The number of ether oxygens (including phenoxy) is 1. The van der Waals surface area contributed by atoms with Crippen molar-refractivity contribution in [1.82, 2.24) is 9.97 Å². The van der Waals surface area contributed by atoms with E-state index in [9.17, 15) is 4.79 Å². The molecule has 0 saturated carbocycles. The molecular weight excluding hydrogens is 180 g/mol. The Morgan fingerprint density at radius 2 is 2.29 bits per heavy atom. The smallest absolute Gasteiger partial charge is 0.153 e. The van der Waals surface area contributed by atoms with Gasteiger partial charge in [0.25, 0.3) is 0 Å². The highest BCUT2D eigenvalue weighted by Gasteiger charge is 2.16. The van der Waals surface area contributed by atoms with E-state index >= 15 is 0 Å². The normalized spacial score (nSPS) is 21.0. The maximum absolute atomic E-state index is 10.4. The molecule has 0 radical (unpaired) electrons. The highest BCUT2D eigenvalue weighted by molar-refractivity contribution is 5.73. The van der Waals surface area contributed by atoms with Crippen LogP contribution in [0.2, 0.25) is 0 Å². The van der Waals surface area contributed by atoms with E-state index in [2.05, 4.69) is 9.97 Å². The van der Waals surface area contributed by atoms with Crippen LogP contribution in [0, 0.1) is 0 Å². The van der Waals surface area contributed by atoms with E-state index in [1.54, 1.807) is 12.4 Å². The number of aldehydes is 1. The van der Waals surface area contributed by atoms with Gasteiger partial charge in [0.2, 0.25) is 0 Å². The molecule has 2 rings (SSSR count). The van der Waals surface area contributed by atoms with E-state index in [1.165, 1.54) is 0 Å². The summed E-state index contributed by atoms with van der Waals surface area (Å²) in [5.41, 5.74) is 0.515. The fourth-order valence-electron chi connectivity index (χ4n) is 1.54. The van der Waals surface area contributed by atoms with Gasteiger partial charge in [-0.25, -0.2) is 9.97 Å². The van der Waals surface area contributed by atoms with Crippen LogP contribution in [0.1, 0.15) is 29.0 Å². The van der Waals surface area contributed by atoms with Crippen LogP contribution >= 0.6 is 0 Å². The number of carbonyl (C=O) groups is 1. The van der Waals surface area contributed by atoms with Crippen LogP contribution in [0.5, 0.6) is 0 Å². The van der Waals surface area contributed by atoms with Crippen LogP contribution < -0.4 is 0 Å². The second-order valence-electron chi connectivity index (χ2n) is 3.39. The van der Waals surface area contributed by atoms with Crippen LogP contribution in [-0.2, 0) is 11.2 Å². The van der Waals surface area contributed by atoms with Crippen molar-refractivity contribution in [2.45, 2.75) is 25.4 Å². The van der Waals surface area contributed by atoms with Crippen molar-refractivity contribution in [3.8, 4) is 0 Å². The lowest BCUT2D eigenvalue weighted by Gasteiger charge is -2.06. The molecule has 0 N–H and O–H groups in total. The largest absolute Gasteiger partial charge is 0.378 e. The van der Waals surface area contributed by atoms with Crippen molar-refractivity contribution in [3.05, 3.63) is 23.8 Å². The molecular formula is C10H12N2O2. The second kappa shape index (κ2) is 4.28. The third-order valence-corrected chi connectivity index (χ3v) is 2.30. The first-order valence-corrected chi connectivity index (χ1v) is 4.76. The first-order valence-electron chi connectivity index (χ1n) is 4.76. The van der Waals surface area contributed by atoms with Crippen molar-refractivity contribution >= 4 is 6.29 Å². The molecule has 0 aliphatic carbocycles. The van der Waals surface area contributed by atoms with Gasteiger partial charge in [-0.1, -0.05) is 0 Å². The molecule has 2 heterocycles. The van der Waals surface area contributed by atoms with Crippen molar-refractivity contribution < 1.29 is 9.53 Å². The molecule has 1 atom stereocenters. The molecule has 0 spiro atoms. The average molecular weight is 192 g/mol. The first-order chi connectivity index (χ1) is 6.88. The molecule has 1 fully saturated rings. The predicted molar refractivity (Wildman–Crippen MR) is 50.1 cm³/mol. The van der Waals surface area contributed by atoms with Gasteiger partial charge in [-0.15, -0.1) is 0 Å². The van der Waals surface area contributed by atoms with Gasteiger partial charge in [0.1, 0.15) is 5.82 Å². The van der Waals surface area contributed by atoms with E-state index in [1.807, 2.05) is 0 Å². The Morgan fingerprint density at radius 3 is 2.86 bits per heavy atom. The zero-order valence-electron chi connectivity index (χ0n) is 7.85. The molecule has 74 valence electrons. The van der Waals surface area contributed by atoms with Crippen LogP contribution in [0.4, 0.5) is 0 Å². The van der Waals surface area contributed by atoms with Crippen molar-refractivity contribution in [2.24, 2.45) is 0 Å². The fourth-order valence-corrected chi connectivity index (χ4v) is 1.54. The standard InChI is InChI=1S/C10H12N2O2/c13-7-8-5-11-10(12-6-8)4-9-2-1-3-14-9/h5-7,9H,1-4H2. The molecule has 4 heteroatoms. The van der Waals surface area contributed by atoms with Crippen LogP contribution in [-0.4, -0.2) is 29.0 Å². The average Bonchev–Trinajstić information content (AvgIpc) is 2.72. The van der Waals surface area contributed by atoms with Gasteiger partial charge in [0.05, 0.1) is 11.7 Å². The Balaban J connectivity index is 1.98. The lowest BCUT2D eigenvalue weighted by Crippen LogP contribution is -2.11. The van der Waals surface area contributed by atoms with E-state index < -0.39 is 0 Å². The minimum Gasteiger partial charge on any atom is -0.378 e. The topological polar surface area (TPSA) is 52.1 Å². The molecule has 1 aliphatic rings. The molecule has 14 heavy (non-hydrogen) atoms. The summed E-state index contributed by atoms with van der Waals surface area (Å²) in [6, 6.07) is 0. The Kier molecular flexibility index (Phi) is 2.84. The molecule has 1 aromatic rings. The molecule has 1 aliphatic heterocycles. The summed E-state index contributed by atoms with van der Waals surface area (Å²) in [7, 11) is 0. The molecule has 4 nitrogen and oxygen atoms in total. The Labute approximate surface area is 82.3 Å². The SMILES string of the molecule is O=Cc1cnc(CC2CCCO2)nc1. The van der Waals surface area contributed by atoms with Gasteiger partial charge < -0.3 is 4.74 Å². The number of hydrogen-bond acceptors (Lipinski definition) is 4. The lowest BCUT2D eigenvalue weighted by molar-refractivity contribution is 0.110. The maximum Gasteiger partial charge on any atom is 0.153 e. The first kappa shape index (κ1) is 9.27. The number of carbonyl (C=O) groups excluding carboxylic acids is 1. The third-order valence-electron chi connectivity index (χ3n) is 2.30. The van der Waals surface area contributed by atoms with E-state index in [4.69, 9.17) is 4.74 Å². The van der Waals surface area contributed by atoms with Gasteiger partial charge in [0, 0.05) is 25.4 Å². The monoisotopic (exact) mass is 192 g/mol. The summed E-state index contributed by atoms with van der Waals surface area (Å²) in [6.07, 6.45) is 7.05. The quantitative estimate of drug-likeness (QED) is 0.671. The van der Waals surface area contributed by atoms with Crippen LogP contribution in [0.3, 0.4) is 0 Å². The summed E-state index contributed by atoms with van der Waals surface area (Å²) in [5, 5.41) is 0. The van der Waals surface area contributed by atoms with Crippen molar-refractivity contribution in [2.75, 3.05) is 6.61 Å².